The molecule has 0 spiro atoms. The molecular weight excluding hydrogens is 258 g/mol. The average Bonchev–Trinajstić information content (AvgIpc) is 2.97. The second-order valence-electron chi connectivity index (χ2n) is 4.54. The van der Waals surface area contributed by atoms with E-state index in [1.54, 1.807) is 22.7 Å². The fourth-order valence-corrected chi connectivity index (χ4v) is 4.19. The zero-order chi connectivity index (χ0) is 12.5. The fourth-order valence-electron chi connectivity index (χ4n) is 2.28. The minimum absolute atomic E-state index is 0.114. The van der Waals surface area contributed by atoms with Gasteiger partial charge in [-0.1, -0.05) is 18.2 Å². The van der Waals surface area contributed by atoms with Crippen molar-refractivity contribution < 1.29 is 0 Å². The summed E-state index contributed by atoms with van der Waals surface area (Å²) in [5, 5.41) is 5.72. The van der Waals surface area contributed by atoms with Gasteiger partial charge >= 0.3 is 0 Å². The molecule has 0 saturated carbocycles. The van der Waals surface area contributed by atoms with Crippen molar-refractivity contribution in [2.45, 2.75) is 19.4 Å². The minimum Gasteiger partial charge on any atom is -0.323 e. The first kappa shape index (κ1) is 11.9. The summed E-state index contributed by atoms with van der Waals surface area (Å²) >= 11 is 3.57. The molecule has 2 N–H and O–H groups in total. The minimum atomic E-state index is 0.114. The first-order valence-electron chi connectivity index (χ1n) is 6.00. The Morgan fingerprint density at radius 3 is 2.78 bits per heavy atom. The number of benzene rings is 1. The summed E-state index contributed by atoms with van der Waals surface area (Å²) in [7, 11) is 0. The molecule has 1 unspecified atom stereocenters. The smallest absolute Gasteiger partial charge is 0.0433 e. The van der Waals surface area contributed by atoms with Crippen LogP contribution in [0.1, 0.15) is 22.0 Å². The molecule has 2 aromatic heterocycles. The van der Waals surface area contributed by atoms with E-state index in [-0.39, 0.29) is 6.04 Å². The van der Waals surface area contributed by atoms with E-state index >= 15 is 0 Å². The summed E-state index contributed by atoms with van der Waals surface area (Å²) < 4.78 is 1.35. The van der Waals surface area contributed by atoms with Crippen LogP contribution in [0.5, 0.6) is 0 Å². The highest BCUT2D eigenvalue weighted by Gasteiger charge is 2.13. The van der Waals surface area contributed by atoms with Gasteiger partial charge in [0.1, 0.15) is 0 Å². The average molecular weight is 273 g/mol. The van der Waals surface area contributed by atoms with Crippen LogP contribution in [-0.4, -0.2) is 0 Å². The first-order chi connectivity index (χ1) is 8.75. The summed E-state index contributed by atoms with van der Waals surface area (Å²) in [5.74, 6) is 0. The molecule has 0 aliphatic carbocycles. The van der Waals surface area contributed by atoms with Gasteiger partial charge in [0.25, 0.3) is 0 Å². The van der Waals surface area contributed by atoms with Gasteiger partial charge in [0, 0.05) is 15.6 Å². The van der Waals surface area contributed by atoms with Crippen molar-refractivity contribution in [3.05, 3.63) is 57.1 Å². The lowest BCUT2D eigenvalue weighted by atomic mass is 10.0. The van der Waals surface area contributed by atoms with Crippen LogP contribution in [0, 0.1) is 6.92 Å². The van der Waals surface area contributed by atoms with Gasteiger partial charge in [-0.05, 0) is 52.8 Å². The van der Waals surface area contributed by atoms with Crippen molar-refractivity contribution in [3.8, 4) is 0 Å². The quantitative estimate of drug-likeness (QED) is 0.746. The first-order valence-corrected chi connectivity index (χ1v) is 7.76. The van der Waals surface area contributed by atoms with Gasteiger partial charge in [0.05, 0.1) is 0 Å². The van der Waals surface area contributed by atoms with E-state index in [1.807, 2.05) is 0 Å². The van der Waals surface area contributed by atoms with Crippen LogP contribution >= 0.6 is 22.7 Å². The predicted molar refractivity (Wildman–Crippen MR) is 81.5 cm³/mol. The van der Waals surface area contributed by atoms with Crippen LogP contribution in [0.2, 0.25) is 0 Å². The lowest BCUT2D eigenvalue weighted by Gasteiger charge is -2.10. The third kappa shape index (κ3) is 2.09. The van der Waals surface area contributed by atoms with Crippen molar-refractivity contribution >= 4 is 32.8 Å². The Morgan fingerprint density at radius 2 is 2.00 bits per heavy atom. The Hall–Kier alpha value is -1.16. The molecule has 0 fully saturated rings. The standard InChI is InChI=1S/C15H15NS2/c1-10-6-7-17-15(10)13(16)8-11-9-18-14-5-3-2-4-12(11)14/h2-7,9,13H,8,16H2,1H3. The molecule has 0 saturated heterocycles. The normalized spacial score (nSPS) is 13.0. The highest BCUT2D eigenvalue weighted by molar-refractivity contribution is 7.17. The van der Waals surface area contributed by atoms with Crippen molar-refractivity contribution in [2.24, 2.45) is 5.73 Å². The number of aryl methyl sites for hydroxylation is 1. The Morgan fingerprint density at radius 1 is 1.17 bits per heavy atom. The van der Waals surface area contributed by atoms with E-state index in [9.17, 15) is 0 Å². The third-order valence-corrected chi connectivity index (χ3v) is 5.40. The maximum Gasteiger partial charge on any atom is 0.0433 e. The van der Waals surface area contributed by atoms with Crippen LogP contribution in [0.15, 0.2) is 41.1 Å². The van der Waals surface area contributed by atoms with E-state index in [2.05, 4.69) is 48.0 Å². The van der Waals surface area contributed by atoms with Crippen molar-refractivity contribution in [2.75, 3.05) is 0 Å². The second-order valence-corrected chi connectivity index (χ2v) is 6.39. The summed E-state index contributed by atoms with van der Waals surface area (Å²) in [6, 6.07) is 10.8. The molecule has 92 valence electrons. The number of hydrogen-bond acceptors (Lipinski definition) is 3. The summed E-state index contributed by atoms with van der Waals surface area (Å²) in [5.41, 5.74) is 9.02. The number of rotatable bonds is 3. The summed E-state index contributed by atoms with van der Waals surface area (Å²) in [4.78, 5) is 1.31. The van der Waals surface area contributed by atoms with Gasteiger partial charge in [-0.3, -0.25) is 0 Å². The van der Waals surface area contributed by atoms with Crippen LogP contribution < -0.4 is 5.73 Å². The highest BCUT2D eigenvalue weighted by Crippen LogP contribution is 2.31. The molecule has 3 aromatic rings. The van der Waals surface area contributed by atoms with Gasteiger partial charge in [-0.2, -0.15) is 0 Å². The van der Waals surface area contributed by atoms with E-state index in [0.717, 1.165) is 6.42 Å². The molecule has 0 aliphatic heterocycles. The third-order valence-electron chi connectivity index (χ3n) is 3.24. The van der Waals surface area contributed by atoms with Crippen molar-refractivity contribution in [3.63, 3.8) is 0 Å². The lowest BCUT2D eigenvalue weighted by Crippen LogP contribution is -2.12. The Kier molecular flexibility index (Phi) is 3.20. The van der Waals surface area contributed by atoms with Crippen LogP contribution in [0.3, 0.4) is 0 Å². The molecule has 0 amide bonds. The molecule has 3 rings (SSSR count). The SMILES string of the molecule is Cc1ccsc1C(N)Cc1csc2ccccc12. The maximum atomic E-state index is 6.34. The molecule has 1 aromatic carbocycles. The second kappa shape index (κ2) is 4.84. The molecule has 0 aliphatic rings. The Labute approximate surface area is 115 Å². The predicted octanol–water partition coefficient (Wildman–Crippen LogP) is 4.51. The number of fused-ring (bicyclic) bond motifs is 1. The number of nitrogens with two attached hydrogens (primary N) is 1. The fraction of sp³-hybridized carbons (Fsp3) is 0.200. The largest absolute Gasteiger partial charge is 0.323 e. The van der Waals surface area contributed by atoms with Crippen molar-refractivity contribution in [1.82, 2.24) is 0 Å². The molecule has 2 heterocycles. The zero-order valence-corrected chi connectivity index (χ0v) is 11.9. The van der Waals surface area contributed by atoms with Gasteiger partial charge < -0.3 is 5.73 Å². The Balaban J connectivity index is 1.91. The highest BCUT2D eigenvalue weighted by atomic mass is 32.1. The summed E-state index contributed by atoms with van der Waals surface area (Å²) in [6.45, 7) is 2.14. The van der Waals surface area contributed by atoms with Crippen LogP contribution in [-0.2, 0) is 6.42 Å². The van der Waals surface area contributed by atoms with Gasteiger partial charge in [0.15, 0.2) is 0 Å². The van der Waals surface area contributed by atoms with Crippen LogP contribution in [0.25, 0.3) is 10.1 Å². The molecule has 3 heteroatoms. The van der Waals surface area contributed by atoms with E-state index in [4.69, 9.17) is 5.73 Å². The Bertz CT molecular complexity index is 666. The van der Waals surface area contributed by atoms with E-state index in [0.29, 0.717) is 0 Å². The molecule has 1 atom stereocenters. The molecule has 18 heavy (non-hydrogen) atoms. The number of thiophene rings is 2. The monoisotopic (exact) mass is 273 g/mol. The molecule has 1 nitrogen and oxygen atoms in total. The van der Waals surface area contributed by atoms with Crippen LogP contribution in [0.4, 0.5) is 0 Å². The number of hydrogen-bond donors (Lipinski definition) is 1. The molecule has 0 radical (unpaired) electrons. The van der Waals surface area contributed by atoms with Gasteiger partial charge in [-0.25, -0.2) is 0 Å². The van der Waals surface area contributed by atoms with Gasteiger partial charge in [0.2, 0.25) is 0 Å². The zero-order valence-electron chi connectivity index (χ0n) is 10.2. The van der Waals surface area contributed by atoms with E-state index < -0.39 is 0 Å². The molecular formula is C15H15NS2. The van der Waals surface area contributed by atoms with E-state index in [1.165, 1.54) is 26.1 Å². The molecule has 0 bridgehead atoms. The lowest BCUT2D eigenvalue weighted by molar-refractivity contribution is 0.737. The van der Waals surface area contributed by atoms with Gasteiger partial charge in [-0.15, -0.1) is 22.7 Å². The summed E-state index contributed by atoms with van der Waals surface area (Å²) in [6.07, 6.45) is 0.922. The topological polar surface area (TPSA) is 26.0 Å². The van der Waals surface area contributed by atoms with Crippen molar-refractivity contribution in [1.29, 1.82) is 0 Å². The maximum absolute atomic E-state index is 6.34.